The number of pyridine rings is 1. The molecular formula is C13H22N2O3S. The number of nitrogens with one attached hydrogen (secondary N) is 1. The molecule has 1 N–H and O–H groups in total. The summed E-state index contributed by atoms with van der Waals surface area (Å²) < 4.78 is 28.5. The fraction of sp³-hybridized carbons (Fsp3) is 0.615. The lowest BCUT2D eigenvalue weighted by molar-refractivity contribution is 0.131. The van der Waals surface area contributed by atoms with Crippen LogP contribution in [0.1, 0.15) is 26.2 Å². The molecule has 0 aliphatic carbocycles. The van der Waals surface area contributed by atoms with Gasteiger partial charge < -0.3 is 10.1 Å². The molecule has 6 heteroatoms. The van der Waals surface area contributed by atoms with E-state index in [0.717, 1.165) is 25.9 Å². The fourth-order valence-electron chi connectivity index (χ4n) is 1.55. The highest BCUT2D eigenvalue weighted by Gasteiger charge is 2.13. The Labute approximate surface area is 115 Å². The molecule has 1 rings (SSSR count). The number of nitrogens with zero attached hydrogens (tertiary/aromatic N) is 1. The van der Waals surface area contributed by atoms with Crippen molar-refractivity contribution < 1.29 is 13.2 Å². The Bertz CT molecular complexity index is 475. The first-order valence-electron chi connectivity index (χ1n) is 6.52. The number of sulfone groups is 1. The number of anilines is 1. The van der Waals surface area contributed by atoms with Crippen molar-refractivity contribution in [2.24, 2.45) is 0 Å². The predicted octanol–water partition coefficient (Wildman–Crippen LogP) is 2.10. The third kappa shape index (κ3) is 6.02. The van der Waals surface area contributed by atoms with E-state index < -0.39 is 9.84 Å². The van der Waals surface area contributed by atoms with Gasteiger partial charge in [-0.15, -0.1) is 0 Å². The third-order valence-corrected chi connectivity index (χ3v) is 3.70. The topological polar surface area (TPSA) is 68.3 Å². The van der Waals surface area contributed by atoms with Crippen LogP contribution >= 0.6 is 0 Å². The largest absolute Gasteiger partial charge is 0.381 e. The molecule has 1 aromatic rings. The quantitative estimate of drug-likeness (QED) is 0.704. The molecular weight excluding hydrogens is 264 g/mol. The Balaban J connectivity index is 2.38. The number of rotatable bonds is 9. The molecule has 5 nitrogen and oxygen atoms in total. The van der Waals surface area contributed by atoms with Gasteiger partial charge in [0.05, 0.1) is 0 Å². The van der Waals surface area contributed by atoms with Gasteiger partial charge in [-0.1, -0.05) is 13.3 Å². The summed E-state index contributed by atoms with van der Waals surface area (Å²) in [7, 11) is -3.24. The van der Waals surface area contributed by atoms with Gasteiger partial charge in [0, 0.05) is 32.2 Å². The first kappa shape index (κ1) is 15.9. The number of unbranched alkanes of at least 4 members (excludes halogenated alkanes) is 1. The van der Waals surface area contributed by atoms with Crippen LogP contribution < -0.4 is 5.32 Å². The van der Waals surface area contributed by atoms with Gasteiger partial charge in [0.25, 0.3) is 0 Å². The van der Waals surface area contributed by atoms with Gasteiger partial charge in [-0.05, 0) is 25.0 Å². The number of hydrogen-bond acceptors (Lipinski definition) is 5. The van der Waals surface area contributed by atoms with E-state index in [9.17, 15) is 8.42 Å². The minimum atomic E-state index is -3.24. The lowest BCUT2D eigenvalue weighted by atomic mass is 10.3. The van der Waals surface area contributed by atoms with Crippen molar-refractivity contribution in [2.45, 2.75) is 31.1 Å². The Morgan fingerprint density at radius 3 is 2.74 bits per heavy atom. The highest BCUT2D eigenvalue weighted by Crippen LogP contribution is 2.17. The molecule has 0 saturated carbocycles. The second-order valence-electron chi connectivity index (χ2n) is 4.37. The maximum Gasteiger partial charge on any atom is 0.179 e. The SMILES string of the molecule is CCCCOCCCNc1ncccc1S(C)(=O)=O. The van der Waals surface area contributed by atoms with Crippen LogP contribution in [-0.2, 0) is 14.6 Å². The van der Waals surface area contributed by atoms with Gasteiger partial charge >= 0.3 is 0 Å². The number of hydrogen-bond donors (Lipinski definition) is 1. The highest BCUT2D eigenvalue weighted by atomic mass is 32.2. The van der Waals surface area contributed by atoms with Crippen LogP contribution in [0.3, 0.4) is 0 Å². The standard InChI is InChI=1S/C13H22N2O3S/c1-3-4-10-18-11-6-9-15-13-12(19(2,16)17)7-5-8-14-13/h5,7-8H,3-4,6,9-11H2,1-2H3,(H,14,15). The molecule has 0 saturated heterocycles. The molecule has 0 aromatic carbocycles. The Morgan fingerprint density at radius 2 is 2.05 bits per heavy atom. The van der Waals surface area contributed by atoms with E-state index in [0.29, 0.717) is 19.0 Å². The molecule has 0 atom stereocenters. The van der Waals surface area contributed by atoms with Crippen LogP contribution in [0.15, 0.2) is 23.2 Å². The van der Waals surface area contributed by atoms with Gasteiger partial charge in [0.1, 0.15) is 10.7 Å². The number of aromatic nitrogens is 1. The summed E-state index contributed by atoms with van der Waals surface area (Å²) in [5, 5.41) is 3.04. The molecule has 108 valence electrons. The zero-order valence-corrected chi connectivity index (χ0v) is 12.4. The van der Waals surface area contributed by atoms with Crippen molar-refractivity contribution >= 4 is 15.7 Å². The molecule has 0 radical (unpaired) electrons. The lowest BCUT2D eigenvalue weighted by Crippen LogP contribution is -2.11. The summed E-state index contributed by atoms with van der Waals surface area (Å²) in [6, 6.07) is 3.18. The Kier molecular flexibility index (Phi) is 6.80. The predicted molar refractivity (Wildman–Crippen MR) is 76.2 cm³/mol. The van der Waals surface area contributed by atoms with E-state index in [1.807, 2.05) is 0 Å². The first-order valence-corrected chi connectivity index (χ1v) is 8.41. The monoisotopic (exact) mass is 286 g/mol. The van der Waals surface area contributed by atoms with E-state index >= 15 is 0 Å². The van der Waals surface area contributed by atoms with Crippen LogP contribution in [0.25, 0.3) is 0 Å². The van der Waals surface area contributed by atoms with E-state index in [1.54, 1.807) is 18.3 Å². The molecule has 0 bridgehead atoms. The van der Waals surface area contributed by atoms with Crippen molar-refractivity contribution in [3.05, 3.63) is 18.3 Å². The summed E-state index contributed by atoms with van der Waals surface area (Å²) in [6.07, 6.45) is 5.79. The molecule has 0 aliphatic heterocycles. The second kappa shape index (κ2) is 8.12. The minimum absolute atomic E-state index is 0.238. The first-order chi connectivity index (χ1) is 9.05. The molecule has 0 aliphatic rings. The molecule has 1 heterocycles. The van der Waals surface area contributed by atoms with E-state index in [1.165, 1.54) is 6.26 Å². The van der Waals surface area contributed by atoms with E-state index in [2.05, 4.69) is 17.2 Å². The summed E-state index contributed by atoms with van der Waals surface area (Å²) in [5.41, 5.74) is 0. The van der Waals surface area contributed by atoms with Crippen LogP contribution in [-0.4, -0.2) is 39.4 Å². The van der Waals surface area contributed by atoms with Gasteiger partial charge in [0.2, 0.25) is 0 Å². The van der Waals surface area contributed by atoms with E-state index in [4.69, 9.17) is 4.74 Å². The third-order valence-electron chi connectivity index (χ3n) is 2.57. The van der Waals surface area contributed by atoms with Gasteiger partial charge in [0.15, 0.2) is 9.84 Å². The summed E-state index contributed by atoms with van der Waals surface area (Å²) in [6.45, 7) is 4.23. The fourth-order valence-corrected chi connectivity index (χ4v) is 2.35. The molecule has 0 unspecified atom stereocenters. The zero-order valence-electron chi connectivity index (χ0n) is 11.6. The summed E-state index contributed by atoms with van der Waals surface area (Å²) in [5.74, 6) is 0.415. The molecule has 0 spiro atoms. The van der Waals surface area contributed by atoms with Gasteiger partial charge in [-0.25, -0.2) is 13.4 Å². The van der Waals surface area contributed by atoms with Gasteiger partial charge in [-0.3, -0.25) is 0 Å². The highest BCUT2D eigenvalue weighted by molar-refractivity contribution is 7.90. The maximum atomic E-state index is 11.6. The zero-order chi connectivity index (χ0) is 14.1. The van der Waals surface area contributed by atoms with Crippen LogP contribution in [0.2, 0.25) is 0 Å². The number of ether oxygens (including phenoxy) is 1. The molecule has 0 amide bonds. The summed E-state index contributed by atoms with van der Waals surface area (Å²) in [4.78, 5) is 4.30. The summed E-state index contributed by atoms with van der Waals surface area (Å²) >= 11 is 0. The van der Waals surface area contributed by atoms with Crippen molar-refractivity contribution in [3.63, 3.8) is 0 Å². The second-order valence-corrected chi connectivity index (χ2v) is 6.35. The molecule has 1 aromatic heterocycles. The van der Waals surface area contributed by atoms with Crippen molar-refractivity contribution in [3.8, 4) is 0 Å². The van der Waals surface area contributed by atoms with Crippen LogP contribution in [0, 0.1) is 0 Å². The molecule has 0 fully saturated rings. The normalized spacial score (nSPS) is 11.5. The lowest BCUT2D eigenvalue weighted by Gasteiger charge is -2.09. The Hall–Kier alpha value is -1.14. The molecule has 19 heavy (non-hydrogen) atoms. The van der Waals surface area contributed by atoms with Crippen LogP contribution in [0.5, 0.6) is 0 Å². The van der Waals surface area contributed by atoms with Crippen molar-refractivity contribution in [1.82, 2.24) is 4.98 Å². The minimum Gasteiger partial charge on any atom is -0.381 e. The average molecular weight is 286 g/mol. The van der Waals surface area contributed by atoms with Crippen molar-refractivity contribution in [1.29, 1.82) is 0 Å². The van der Waals surface area contributed by atoms with Gasteiger partial charge in [-0.2, -0.15) is 0 Å². The Morgan fingerprint density at radius 1 is 1.32 bits per heavy atom. The average Bonchev–Trinajstić information content (AvgIpc) is 2.37. The van der Waals surface area contributed by atoms with E-state index in [-0.39, 0.29) is 4.90 Å². The smallest absolute Gasteiger partial charge is 0.179 e. The van der Waals surface area contributed by atoms with Crippen LogP contribution in [0.4, 0.5) is 5.82 Å². The maximum absolute atomic E-state index is 11.6. The van der Waals surface area contributed by atoms with Crippen molar-refractivity contribution in [2.75, 3.05) is 31.3 Å².